The number of carbonyl (C=O) groups excluding carboxylic acids is 2. The van der Waals surface area contributed by atoms with E-state index in [1.54, 1.807) is 0 Å². The molecule has 0 aromatic rings. The van der Waals surface area contributed by atoms with Crippen LogP contribution in [0.25, 0.3) is 0 Å². The number of hydrogen-bond acceptors (Lipinski definition) is 3. The highest BCUT2D eigenvalue weighted by molar-refractivity contribution is 5.87. The predicted octanol–water partition coefficient (Wildman–Crippen LogP) is 2.87. The third-order valence-electron chi connectivity index (χ3n) is 5.13. The van der Waals surface area contributed by atoms with Gasteiger partial charge >= 0.3 is 5.97 Å². The van der Waals surface area contributed by atoms with E-state index in [0.717, 1.165) is 25.7 Å². The zero-order valence-corrected chi connectivity index (χ0v) is 11.0. The van der Waals surface area contributed by atoms with E-state index in [2.05, 4.69) is 13.8 Å². The molecule has 17 heavy (non-hydrogen) atoms. The minimum atomic E-state index is -0.515. The van der Waals surface area contributed by atoms with Crippen LogP contribution in [-0.2, 0) is 14.3 Å². The maximum atomic E-state index is 12.1. The van der Waals surface area contributed by atoms with Crippen LogP contribution in [0.4, 0.5) is 0 Å². The third kappa shape index (κ3) is 1.90. The second-order valence-corrected chi connectivity index (χ2v) is 6.14. The standard InChI is InChI=1S/C14H22O3/c1-10(15)17-12-11(16)6-9-13(2)7-4-5-8-14(12,13)3/h12H,4-9H2,1-3H3. The Morgan fingerprint density at radius 2 is 1.88 bits per heavy atom. The zero-order chi connectivity index (χ0) is 12.7. The first-order valence-electron chi connectivity index (χ1n) is 6.59. The van der Waals surface area contributed by atoms with Gasteiger partial charge in [-0.2, -0.15) is 0 Å². The number of rotatable bonds is 1. The predicted molar refractivity (Wildman–Crippen MR) is 64.5 cm³/mol. The fraction of sp³-hybridized carbons (Fsp3) is 0.857. The Bertz CT molecular complexity index is 349. The average molecular weight is 238 g/mol. The van der Waals surface area contributed by atoms with Crippen LogP contribution in [0.2, 0.25) is 0 Å². The Hall–Kier alpha value is -0.860. The summed E-state index contributed by atoms with van der Waals surface area (Å²) in [6.45, 7) is 5.79. The highest BCUT2D eigenvalue weighted by Gasteiger charge is 2.57. The highest BCUT2D eigenvalue weighted by Crippen LogP contribution is 2.58. The first kappa shape index (κ1) is 12.6. The summed E-state index contributed by atoms with van der Waals surface area (Å²) in [5, 5.41) is 0. The molecule has 0 amide bonds. The van der Waals surface area contributed by atoms with E-state index >= 15 is 0 Å². The lowest BCUT2D eigenvalue weighted by atomic mass is 9.50. The van der Waals surface area contributed by atoms with E-state index in [1.165, 1.54) is 13.3 Å². The van der Waals surface area contributed by atoms with Crippen LogP contribution in [0.1, 0.15) is 59.3 Å². The lowest BCUT2D eigenvalue weighted by Gasteiger charge is -2.55. The van der Waals surface area contributed by atoms with E-state index in [0.29, 0.717) is 6.42 Å². The van der Waals surface area contributed by atoms with Crippen LogP contribution >= 0.6 is 0 Å². The molecule has 2 aliphatic rings. The maximum Gasteiger partial charge on any atom is 0.303 e. The molecule has 2 rings (SSSR count). The highest BCUT2D eigenvalue weighted by atomic mass is 16.5. The van der Waals surface area contributed by atoms with Gasteiger partial charge in [-0.25, -0.2) is 0 Å². The molecule has 2 aliphatic carbocycles. The van der Waals surface area contributed by atoms with Crippen LogP contribution in [-0.4, -0.2) is 17.9 Å². The second kappa shape index (κ2) is 4.11. The molecule has 0 aromatic carbocycles. The summed E-state index contributed by atoms with van der Waals surface area (Å²) in [5.74, 6) is -0.221. The quantitative estimate of drug-likeness (QED) is 0.660. The molecule has 0 radical (unpaired) electrons. The van der Waals surface area contributed by atoms with Gasteiger partial charge in [-0.3, -0.25) is 9.59 Å². The Balaban J connectivity index is 2.33. The first-order chi connectivity index (χ1) is 7.89. The monoisotopic (exact) mass is 238 g/mol. The summed E-state index contributed by atoms with van der Waals surface area (Å²) in [5.41, 5.74) is -0.00840. The van der Waals surface area contributed by atoms with Crippen molar-refractivity contribution in [3.8, 4) is 0 Å². The molecule has 2 fully saturated rings. The molecule has 3 heteroatoms. The van der Waals surface area contributed by atoms with E-state index in [-0.39, 0.29) is 22.6 Å². The van der Waals surface area contributed by atoms with Crippen molar-refractivity contribution in [2.24, 2.45) is 10.8 Å². The summed E-state index contributed by atoms with van der Waals surface area (Å²) in [7, 11) is 0. The molecular formula is C14H22O3. The summed E-state index contributed by atoms with van der Waals surface area (Å²) in [6, 6.07) is 0. The van der Waals surface area contributed by atoms with Crippen LogP contribution < -0.4 is 0 Å². The Labute approximate surface area is 103 Å². The van der Waals surface area contributed by atoms with Crippen molar-refractivity contribution in [1.29, 1.82) is 0 Å². The zero-order valence-electron chi connectivity index (χ0n) is 11.0. The van der Waals surface area contributed by atoms with Crippen molar-refractivity contribution in [2.75, 3.05) is 0 Å². The molecule has 2 saturated carbocycles. The van der Waals surface area contributed by atoms with Gasteiger partial charge in [0.1, 0.15) is 0 Å². The molecule has 0 aliphatic heterocycles. The van der Waals surface area contributed by atoms with E-state index in [1.807, 2.05) is 0 Å². The average Bonchev–Trinajstić information content (AvgIpc) is 2.25. The van der Waals surface area contributed by atoms with Crippen molar-refractivity contribution >= 4 is 11.8 Å². The number of Topliss-reactive ketones (excluding diaryl/α,β-unsaturated/α-hetero) is 1. The molecule has 96 valence electrons. The molecule has 0 heterocycles. The van der Waals surface area contributed by atoms with Crippen molar-refractivity contribution in [2.45, 2.75) is 65.4 Å². The lowest BCUT2D eigenvalue weighted by Crippen LogP contribution is -2.56. The van der Waals surface area contributed by atoms with E-state index in [9.17, 15) is 9.59 Å². The van der Waals surface area contributed by atoms with Gasteiger partial charge in [0.2, 0.25) is 0 Å². The van der Waals surface area contributed by atoms with Gasteiger partial charge in [0.05, 0.1) is 0 Å². The Kier molecular flexibility index (Phi) is 3.04. The van der Waals surface area contributed by atoms with Crippen LogP contribution in [0.3, 0.4) is 0 Å². The van der Waals surface area contributed by atoms with Crippen molar-refractivity contribution in [3.05, 3.63) is 0 Å². The van der Waals surface area contributed by atoms with Gasteiger partial charge in [0.15, 0.2) is 11.9 Å². The van der Waals surface area contributed by atoms with Crippen LogP contribution in [0.15, 0.2) is 0 Å². The summed E-state index contributed by atoms with van der Waals surface area (Å²) in [6.07, 6.45) is 5.50. The largest absolute Gasteiger partial charge is 0.454 e. The number of ether oxygens (including phenoxy) is 1. The molecule has 0 bridgehead atoms. The molecule has 0 N–H and O–H groups in total. The molecule has 3 unspecified atom stereocenters. The van der Waals surface area contributed by atoms with Gasteiger partial charge in [-0.05, 0) is 24.7 Å². The molecule has 0 spiro atoms. The summed E-state index contributed by atoms with van der Waals surface area (Å²) >= 11 is 0. The number of esters is 1. The molecule has 0 aromatic heterocycles. The molecular weight excluding hydrogens is 216 g/mol. The number of fused-ring (bicyclic) bond motifs is 1. The minimum Gasteiger partial charge on any atom is -0.454 e. The van der Waals surface area contributed by atoms with Crippen molar-refractivity contribution < 1.29 is 14.3 Å². The van der Waals surface area contributed by atoms with Crippen LogP contribution in [0.5, 0.6) is 0 Å². The van der Waals surface area contributed by atoms with Gasteiger partial charge < -0.3 is 4.74 Å². The van der Waals surface area contributed by atoms with Gasteiger partial charge in [-0.15, -0.1) is 0 Å². The van der Waals surface area contributed by atoms with E-state index < -0.39 is 6.10 Å². The third-order valence-corrected chi connectivity index (χ3v) is 5.13. The molecule has 3 nitrogen and oxygen atoms in total. The normalized spacial score (nSPS) is 41.8. The minimum absolute atomic E-state index is 0.113. The summed E-state index contributed by atoms with van der Waals surface area (Å²) < 4.78 is 5.35. The number of ketones is 1. The van der Waals surface area contributed by atoms with Crippen molar-refractivity contribution in [1.82, 2.24) is 0 Å². The van der Waals surface area contributed by atoms with Gasteiger partial charge in [0.25, 0.3) is 0 Å². The fourth-order valence-electron chi connectivity index (χ4n) is 3.70. The van der Waals surface area contributed by atoms with Gasteiger partial charge in [0, 0.05) is 18.8 Å². The molecule has 3 atom stereocenters. The van der Waals surface area contributed by atoms with E-state index in [4.69, 9.17) is 4.74 Å². The molecule has 0 saturated heterocycles. The SMILES string of the molecule is CC(=O)OC1C(=O)CCC2(C)CCCCC12C. The van der Waals surface area contributed by atoms with Gasteiger partial charge in [-0.1, -0.05) is 26.7 Å². The van der Waals surface area contributed by atoms with Crippen molar-refractivity contribution in [3.63, 3.8) is 0 Å². The topological polar surface area (TPSA) is 43.4 Å². The fourth-order valence-corrected chi connectivity index (χ4v) is 3.70. The Morgan fingerprint density at radius 3 is 2.53 bits per heavy atom. The smallest absolute Gasteiger partial charge is 0.303 e. The van der Waals surface area contributed by atoms with Crippen LogP contribution in [0, 0.1) is 10.8 Å². The Morgan fingerprint density at radius 1 is 1.24 bits per heavy atom. The first-order valence-corrected chi connectivity index (χ1v) is 6.59. The maximum absolute atomic E-state index is 12.1. The number of carbonyl (C=O) groups is 2. The summed E-state index contributed by atoms with van der Waals surface area (Å²) in [4.78, 5) is 23.3. The number of hydrogen-bond donors (Lipinski definition) is 0. The second-order valence-electron chi connectivity index (χ2n) is 6.14. The lowest BCUT2D eigenvalue weighted by molar-refractivity contribution is -0.181.